The van der Waals surface area contributed by atoms with Gasteiger partial charge in [-0.2, -0.15) is 5.10 Å². The van der Waals surface area contributed by atoms with Gasteiger partial charge >= 0.3 is 6.03 Å². The van der Waals surface area contributed by atoms with E-state index in [4.69, 9.17) is 4.74 Å². The number of ether oxygens (including phenoxy) is 1. The van der Waals surface area contributed by atoms with Gasteiger partial charge in [0.15, 0.2) is 0 Å². The second-order valence-corrected chi connectivity index (χ2v) is 6.22. The number of carbonyl (C=O) groups excluding carboxylic acids is 1. The number of pyridine rings is 1. The highest BCUT2D eigenvalue weighted by Crippen LogP contribution is 2.13. The zero-order valence-corrected chi connectivity index (χ0v) is 14.9. The van der Waals surface area contributed by atoms with E-state index in [1.165, 1.54) is 0 Å². The van der Waals surface area contributed by atoms with Gasteiger partial charge in [-0.05, 0) is 31.9 Å². The Kier molecular flexibility index (Phi) is 5.16. The Morgan fingerprint density at radius 1 is 1.44 bits per heavy atom. The highest BCUT2D eigenvalue weighted by Gasteiger charge is 2.22. The number of urea groups is 1. The van der Waals surface area contributed by atoms with Crippen molar-refractivity contribution in [2.24, 2.45) is 0 Å². The van der Waals surface area contributed by atoms with Gasteiger partial charge < -0.3 is 15.0 Å². The number of fused-ring (bicyclic) bond motifs is 1. The second-order valence-electron chi connectivity index (χ2n) is 6.22. The highest BCUT2D eigenvalue weighted by molar-refractivity contribution is 5.74. The molecule has 0 fully saturated rings. The molecule has 134 valence electrons. The number of hydrogen-bond donors (Lipinski definition) is 1. The van der Waals surface area contributed by atoms with E-state index >= 15 is 0 Å². The summed E-state index contributed by atoms with van der Waals surface area (Å²) in [5.74, 6) is 2.15. The average Bonchev–Trinajstić information content (AvgIpc) is 2.99. The number of hydrogen-bond acceptors (Lipinski definition) is 5. The lowest BCUT2D eigenvalue weighted by molar-refractivity contribution is 0.179. The summed E-state index contributed by atoms with van der Waals surface area (Å²) in [6.45, 7) is 8.14. The number of carbonyl (C=O) groups is 1. The molecule has 0 aromatic carbocycles. The molecule has 0 aliphatic carbocycles. The minimum Gasteiger partial charge on any atom is -0.475 e. The molecule has 0 unspecified atom stereocenters. The lowest BCUT2D eigenvalue weighted by Crippen LogP contribution is -2.44. The molecule has 1 N–H and O–H groups in total. The minimum atomic E-state index is -0.104. The molecule has 3 heterocycles. The predicted molar refractivity (Wildman–Crippen MR) is 92.0 cm³/mol. The maximum absolute atomic E-state index is 12.4. The van der Waals surface area contributed by atoms with Crippen molar-refractivity contribution in [1.29, 1.82) is 0 Å². The quantitative estimate of drug-likeness (QED) is 0.895. The molecule has 1 aliphatic rings. The number of aryl methyl sites for hydroxylation is 1. The van der Waals surface area contributed by atoms with E-state index in [-0.39, 0.29) is 12.1 Å². The molecular formula is C17H24N6O2. The molecule has 2 amide bonds. The van der Waals surface area contributed by atoms with Crippen LogP contribution in [0.3, 0.4) is 0 Å². The number of nitrogens with one attached hydrogen (secondary N) is 1. The van der Waals surface area contributed by atoms with Crippen molar-refractivity contribution in [2.45, 2.75) is 52.9 Å². The summed E-state index contributed by atoms with van der Waals surface area (Å²) in [4.78, 5) is 22.7. The van der Waals surface area contributed by atoms with Gasteiger partial charge in [-0.25, -0.2) is 19.4 Å². The van der Waals surface area contributed by atoms with E-state index in [9.17, 15) is 4.79 Å². The summed E-state index contributed by atoms with van der Waals surface area (Å²) in [5.41, 5.74) is 0.956. The maximum atomic E-state index is 12.4. The summed E-state index contributed by atoms with van der Waals surface area (Å²) in [6.07, 6.45) is 2.74. The Morgan fingerprint density at radius 2 is 2.28 bits per heavy atom. The van der Waals surface area contributed by atoms with E-state index in [1.54, 1.807) is 11.1 Å². The molecule has 25 heavy (non-hydrogen) atoms. The smallest absolute Gasteiger partial charge is 0.318 e. The number of nitrogens with zero attached hydrogens (tertiary/aromatic N) is 5. The molecule has 8 heteroatoms. The Bertz CT molecular complexity index is 744. The van der Waals surface area contributed by atoms with E-state index < -0.39 is 0 Å². The van der Waals surface area contributed by atoms with Crippen molar-refractivity contribution in [2.75, 3.05) is 6.54 Å². The van der Waals surface area contributed by atoms with Gasteiger partial charge in [-0.3, -0.25) is 0 Å². The number of rotatable bonds is 5. The van der Waals surface area contributed by atoms with Crippen molar-refractivity contribution in [3.63, 3.8) is 0 Å². The van der Waals surface area contributed by atoms with Crippen LogP contribution in [0.25, 0.3) is 0 Å². The van der Waals surface area contributed by atoms with Crippen LogP contribution in [0.4, 0.5) is 4.79 Å². The van der Waals surface area contributed by atoms with Gasteiger partial charge in [0.25, 0.3) is 0 Å². The van der Waals surface area contributed by atoms with Crippen LogP contribution in [0.1, 0.15) is 37.5 Å². The van der Waals surface area contributed by atoms with Crippen molar-refractivity contribution >= 4 is 6.03 Å². The van der Waals surface area contributed by atoms with Crippen molar-refractivity contribution in [1.82, 2.24) is 30.0 Å². The zero-order valence-electron chi connectivity index (χ0n) is 14.9. The van der Waals surface area contributed by atoms with Gasteiger partial charge in [0.2, 0.25) is 5.88 Å². The molecular weight excluding hydrogens is 320 g/mol. The van der Waals surface area contributed by atoms with Gasteiger partial charge in [-0.15, -0.1) is 0 Å². The summed E-state index contributed by atoms with van der Waals surface area (Å²) in [6, 6.07) is 3.64. The van der Waals surface area contributed by atoms with Crippen LogP contribution in [0.15, 0.2) is 18.3 Å². The summed E-state index contributed by atoms with van der Waals surface area (Å²) >= 11 is 0. The topological polar surface area (TPSA) is 85.2 Å². The first-order valence-electron chi connectivity index (χ1n) is 8.60. The molecule has 1 aliphatic heterocycles. The minimum absolute atomic E-state index is 0.104. The zero-order chi connectivity index (χ0) is 17.8. The van der Waals surface area contributed by atoms with Crippen LogP contribution in [-0.2, 0) is 19.6 Å². The molecule has 2 aromatic heterocycles. The Balaban J connectivity index is 1.55. The molecule has 0 saturated carbocycles. The van der Waals surface area contributed by atoms with Gasteiger partial charge in [0.05, 0.1) is 19.2 Å². The standard InChI is InChI=1S/C17H24N6O2/c1-4-12(2)25-16-9-14(5-6-18-16)10-19-17(24)22-7-8-23-15(11-22)20-13(3)21-23/h5-6,9,12H,4,7-8,10-11H2,1-3H3,(H,19,24)/t12-/m1/s1. The fourth-order valence-electron chi connectivity index (χ4n) is 2.64. The lowest BCUT2D eigenvalue weighted by atomic mass is 10.2. The molecule has 3 rings (SSSR count). The van der Waals surface area contributed by atoms with Crippen LogP contribution in [0.5, 0.6) is 5.88 Å². The normalized spacial score (nSPS) is 14.8. The van der Waals surface area contributed by atoms with Crippen LogP contribution in [-0.4, -0.2) is 43.3 Å². The molecule has 0 spiro atoms. The second kappa shape index (κ2) is 7.50. The molecule has 0 radical (unpaired) electrons. The SMILES string of the molecule is CC[C@@H](C)Oc1cc(CNC(=O)N2CCn3nc(C)nc3C2)ccn1. The third kappa shape index (κ3) is 4.26. The number of amides is 2. The summed E-state index contributed by atoms with van der Waals surface area (Å²) < 4.78 is 7.58. The van der Waals surface area contributed by atoms with Crippen LogP contribution in [0.2, 0.25) is 0 Å². The molecule has 0 saturated heterocycles. The Labute approximate surface area is 147 Å². The van der Waals surface area contributed by atoms with E-state index in [1.807, 2.05) is 30.7 Å². The third-order valence-electron chi connectivity index (χ3n) is 4.20. The van der Waals surface area contributed by atoms with E-state index in [2.05, 4.69) is 27.3 Å². The fourth-order valence-corrected chi connectivity index (χ4v) is 2.64. The predicted octanol–water partition coefficient (Wildman–Crippen LogP) is 1.88. The van der Waals surface area contributed by atoms with Crippen molar-refractivity contribution in [3.8, 4) is 5.88 Å². The molecule has 8 nitrogen and oxygen atoms in total. The summed E-state index contributed by atoms with van der Waals surface area (Å²) in [5, 5.41) is 7.25. The van der Waals surface area contributed by atoms with Crippen LogP contribution >= 0.6 is 0 Å². The maximum Gasteiger partial charge on any atom is 0.318 e. The molecule has 1 atom stereocenters. The monoisotopic (exact) mass is 344 g/mol. The first-order chi connectivity index (χ1) is 12.0. The first-order valence-corrected chi connectivity index (χ1v) is 8.60. The molecule has 2 aromatic rings. The summed E-state index contributed by atoms with van der Waals surface area (Å²) in [7, 11) is 0. The largest absolute Gasteiger partial charge is 0.475 e. The fraction of sp³-hybridized carbons (Fsp3) is 0.529. The van der Waals surface area contributed by atoms with Crippen molar-refractivity contribution < 1.29 is 9.53 Å². The van der Waals surface area contributed by atoms with Gasteiger partial charge in [0, 0.05) is 25.4 Å². The van der Waals surface area contributed by atoms with Crippen LogP contribution < -0.4 is 10.1 Å². The van der Waals surface area contributed by atoms with E-state index in [0.717, 1.165) is 23.6 Å². The average molecular weight is 344 g/mol. The number of aromatic nitrogens is 4. The Hall–Kier alpha value is -2.64. The van der Waals surface area contributed by atoms with Crippen molar-refractivity contribution in [3.05, 3.63) is 35.5 Å². The van der Waals surface area contributed by atoms with E-state index in [0.29, 0.717) is 32.1 Å². The first kappa shape index (κ1) is 17.2. The molecule has 0 bridgehead atoms. The lowest BCUT2D eigenvalue weighted by Gasteiger charge is -2.26. The van der Waals surface area contributed by atoms with Gasteiger partial charge in [-0.1, -0.05) is 6.92 Å². The Morgan fingerprint density at radius 3 is 3.08 bits per heavy atom. The highest BCUT2D eigenvalue weighted by atomic mass is 16.5. The van der Waals surface area contributed by atoms with Crippen LogP contribution in [0, 0.1) is 6.92 Å². The third-order valence-corrected chi connectivity index (χ3v) is 4.20. The van der Waals surface area contributed by atoms with Gasteiger partial charge in [0.1, 0.15) is 11.6 Å².